The van der Waals surface area contributed by atoms with Crippen LogP contribution < -0.4 is 5.73 Å². The average molecular weight is 257 g/mol. The van der Waals surface area contributed by atoms with Gasteiger partial charge in [0, 0.05) is 19.6 Å². The molecule has 18 heavy (non-hydrogen) atoms. The lowest BCUT2D eigenvalue weighted by Crippen LogP contribution is -2.50. The second-order valence-electron chi connectivity index (χ2n) is 4.26. The average Bonchev–Trinajstić information content (AvgIpc) is 2.77. The van der Waals surface area contributed by atoms with E-state index < -0.39 is 17.9 Å². The van der Waals surface area contributed by atoms with E-state index in [2.05, 4.69) is 0 Å². The van der Waals surface area contributed by atoms with Crippen LogP contribution in [0.4, 0.5) is 4.79 Å². The SMILES string of the molecule is CCN(CCC(=O)O)C(=O)N1CCCC1C(N)=O. The number of nitrogens with zero attached hydrogens (tertiary/aromatic N) is 2. The molecule has 0 spiro atoms. The highest BCUT2D eigenvalue weighted by Crippen LogP contribution is 2.18. The van der Waals surface area contributed by atoms with Crippen molar-refractivity contribution in [2.24, 2.45) is 5.73 Å². The van der Waals surface area contributed by atoms with Crippen LogP contribution >= 0.6 is 0 Å². The highest BCUT2D eigenvalue weighted by Gasteiger charge is 2.34. The van der Waals surface area contributed by atoms with Crippen molar-refractivity contribution in [3.63, 3.8) is 0 Å². The summed E-state index contributed by atoms with van der Waals surface area (Å²) in [5.74, 6) is -1.45. The van der Waals surface area contributed by atoms with Crippen LogP contribution in [0.15, 0.2) is 0 Å². The first kappa shape index (κ1) is 14.3. The quantitative estimate of drug-likeness (QED) is 0.714. The van der Waals surface area contributed by atoms with E-state index in [0.717, 1.165) is 6.42 Å². The van der Waals surface area contributed by atoms with Crippen molar-refractivity contribution >= 4 is 17.9 Å². The Balaban J connectivity index is 2.65. The molecule has 1 fully saturated rings. The smallest absolute Gasteiger partial charge is 0.320 e. The maximum atomic E-state index is 12.2. The van der Waals surface area contributed by atoms with Crippen LogP contribution in [-0.2, 0) is 9.59 Å². The topological polar surface area (TPSA) is 104 Å². The van der Waals surface area contributed by atoms with Gasteiger partial charge in [-0.15, -0.1) is 0 Å². The zero-order valence-electron chi connectivity index (χ0n) is 10.5. The summed E-state index contributed by atoms with van der Waals surface area (Å²) in [6, 6.07) is -0.864. The molecule has 1 aliphatic rings. The van der Waals surface area contributed by atoms with Gasteiger partial charge in [-0.25, -0.2) is 4.79 Å². The summed E-state index contributed by atoms with van der Waals surface area (Å²) in [6.45, 7) is 2.83. The third-order valence-electron chi connectivity index (χ3n) is 3.07. The number of hydrogen-bond acceptors (Lipinski definition) is 3. The van der Waals surface area contributed by atoms with Gasteiger partial charge in [-0.3, -0.25) is 9.59 Å². The first-order chi connectivity index (χ1) is 8.47. The Morgan fingerprint density at radius 2 is 2.11 bits per heavy atom. The molecule has 0 radical (unpaired) electrons. The molecule has 1 aliphatic heterocycles. The molecule has 1 unspecified atom stereocenters. The van der Waals surface area contributed by atoms with E-state index in [1.165, 1.54) is 9.80 Å². The summed E-state index contributed by atoms with van der Waals surface area (Å²) < 4.78 is 0. The molecule has 1 atom stereocenters. The van der Waals surface area contributed by atoms with Crippen LogP contribution in [0, 0.1) is 0 Å². The second kappa shape index (κ2) is 6.23. The monoisotopic (exact) mass is 257 g/mol. The van der Waals surface area contributed by atoms with Gasteiger partial charge in [-0.05, 0) is 19.8 Å². The van der Waals surface area contributed by atoms with Crippen LogP contribution in [0.25, 0.3) is 0 Å². The standard InChI is InChI=1S/C11H19N3O4/c1-2-13(7-5-9(15)16)11(18)14-6-3-4-8(14)10(12)17/h8H,2-7H2,1H3,(H2,12,17)(H,15,16). The lowest BCUT2D eigenvalue weighted by Gasteiger charge is -2.29. The molecular weight excluding hydrogens is 238 g/mol. The van der Waals surface area contributed by atoms with Gasteiger partial charge in [0.1, 0.15) is 6.04 Å². The Morgan fingerprint density at radius 3 is 2.61 bits per heavy atom. The Bertz CT molecular complexity index is 345. The largest absolute Gasteiger partial charge is 0.481 e. The molecule has 1 heterocycles. The molecule has 102 valence electrons. The molecule has 1 rings (SSSR count). The summed E-state index contributed by atoms with van der Waals surface area (Å²) in [4.78, 5) is 36.7. The van der Waals surface area contributed by atoms with E-state index in [9.17, 15) is 14.4 Å². The molecule has 0 saturated carbocycles. The highest BCUT2D eigenvalue weighted by molar-refractivity contribution is 5.86. The maximum absolute atomic E-state index is 12.2. The highest BCUT2D eigenvalue weighted by atomic mass is 16.4. The number of carbonyl (C=O) groups excluding carboxylic acids is 2. The first-order valence-corrected chi connectivity index (χ1v) is 6.04. The zero-order chi connectivity index (χ0) is 13.7. The first-order valence-electron chi connectivity index (χ1n) is 6.04. The number of urea groups is 1. The van der Waals surface area contributed by atoms with E-state index in [0.29, 0.717) is 19.5 Å². The summed E-state index contributed by atoms with van der Waals surface area (Å²) in [7, 11) is 0. The minimum atomic E-state index is -0.950. The molecule has 0 aliphatic carbocycles. The third-order valence-corrected chi connectivity index (χ3v) is 3.07. The van der Waals surface area contributed by atoms with E-state index >= 15 is 0 Å². The van der Waals surface area contributed by atoms with Crippen molar-refractivity contribution < 1.29 is 19.5 Å². The molecule has 7 nitrogen and oxygen atoms in total. The van der Waals surface area contributed by atoms with Crippen LogP contribution in [-0.4, -0.2) is 58.5 Å². The van der Waals surface area contributed by atoms with Crippen molar-refractivity contribution in [2.75, 3.05) is 19.6 Å². The maximum Gasteiger partial charge on any atom is 0.320 e. The van der Waals surface area contributed by atoms with Gasteiger partial charge in [0.05, 0.1) is 6.42 Å². The molecule has 0 bridgehead atoms. The predicted octanol–water partition coefficient (Wildman–Crippen LogP) is -0.147. The zero-order valence-corrected chi connectivity index (χ0v) is 10.5. The minimum Gasteiger partial charge on any atom is -0.481 e. The summed E-state index contributed by atoms with van der Waals surface area (Å²) >= 11 is 0. The molecule has 1 saturated heterocycles. The van der Waals surface area contributed by atoms with E-state index in [4.69, 9.17) is 10.8 Å². The number of amides is 3. The van der Waals surface area contributed by atoms with Crippen LogP contribution in [0.1, 0.15) is 26.2 Å². The van der Waals surface area contributed by atoms with Crippen molar-refractivity contribution in [2.45, 2.75) is 32.2 Å². The fourth-order valence-electron chi connectivity index (χ4n) is 2.09. The number of aliphatic carboxylic acids is 1. The molecule has 0 aromatic rings. The van der Waals surface area contributed by atoms with Crippen LogP contribution in [0.2, 0.25) is 0 Å². The second-order valence-corrected chi connectivity index (χ2v) is 4.26. The molecule has 0 aromatic carbocycles. The number of rotatable bonds is 5. The summed E-state index contributed by atoms with van der Waals surface area (Å²) in [5, 5.41) is 8.62. The number of nitrogens with two attached hydrogens (primary N) is 1. The number of likely N-dealkylation sites (tertiary alicyclic amines) is 1. The Kier molecular flexibility index (Phi) is 4.94. The number of carbonyl (C=O) groups is 3. The molecule has 3 amide bonds. The van der Waals surface area contributed by atoms with E-state index in [-0.39, 0.29) is 19.0 Å². The fourth-order valence-corrected chi connectivity index (χ4v) is 2.09. The van der Waals surface area contributed by atoms with Crippen LogP contribution in [0.5, 0.6) is 0 Å². The van der Waals surface area contributed by atoms with Gasteiger partial charge >= 0.3 is 12.0 Å². The number of carboxylic acids is 1. The van der Waals surface area contributed by atoms with Gasteiger partial charge in [0.25, 0.3) is 0 Å². The lowest BCUT2D eigenvalue weighted by molar-refractivity contribution is -0.137. The Labute approximate surface area is 106 Å². The number of carboxylic acid groups (broad SMARTS) is 1. The molecule has 3 N–H and O–H groups in total. The summed E-state index contributed by atoms with van der Waals surface area (Å²) in [5.41, 5.74) is 5.24. The van der Waals surface area contributed by atoms with Gasteiger partial charge in [0.2, 0.25) is 5.91 Å². The molecule has 0 aromatic heterocycles. The van der Waals surface area contributed by atoms with Crippen molar-refractivity contribution in [1.82, 2.24) is 9.80 Å². The van der Waals surface area contributed by atoms with E-state index in [1.807, 2.05) is 0 Å². The lowest BCUT2D eigenvalue weighted by atomic mass is 10.2. The number of hydrogen-bond donors (Lipinski definition) is 2. The minimum absolute atomic E-state index is 0.103. The van der Waals surface area contributed by atoms with Gasteiger partial charge in [-0.2, -0.15) is 0 Å². The van der Waals surface area contributed by atoms with Crippen molar-refractivity contribution in [1.29, 1.82) is 0 Å². The summed E-state index contributed by atoms with van der Waals surface area (Å²) in [6.07, 6.45) is 1.22. The predicted molar refractivity (Wildman–Crippen MR) is 63.8 cm³/mol. The normalized spacial score (nSPS) is 18.7. The fraction of sp³-hybridized carbons (Fsp3) is 0.727. The van der Waals surface area contributed by atoms with Gasteiger partial charge in [0.15, 0.2) is 0 Å². The van der Waals surface area contributed by atoms with Crippen molar-refractivity contribution in [3.8, 4) is 0 Å². The van der Waals surface area contributed by atoms with E-state index in [1.54, 1.807) is 6.92 Å². The van der Waals surface area contributed by atoms with Crippen LogP contribution in [0.3, 0.4) is 0 Å². The van der Waals surface area contributed by atoms with Gasteiger partial charge in [-0.1, -0.05) is 0 Å². The third kappa shape index (κ3) is 3.35. The Morgan fingerprint density at radius 1 is 1.44 bits per heavy atom. The van der Waals surface area contributed by atoms with Gasteiger partial charge < -0.3 is 20.6 Å². The van der Waals surface area contributed by atoms with Crippen molar-refractivity contribution in [3.05, 3.63) is 0 Å². The number of primary amides is 1. The Hall–Kier alpha value is -1.79. The molecular formula is C11H19N3O4. The molecule has 7 heteroatoms.